The van der Waals surface area contributed by atoms with E-state index < -0.39 is 11.7 Å². The molecule has 0 bridgehead atoms. The number of benzene rings is 1. The molecule has 0 fully saturated rings. The molecule has 7 heteroatoms. The van der Waals surface area contributed by atoms with Gasteiger partial charge in [-0.05, 0) is 46.3 Å². The summed E-state index contributed by atoms with van der Waals surface area (Å²) in [6.07, 6.45) is 0. The Hall–Kier alpha value is -1.66. The van der Waals surface area contributed by atoms with Crippen molar-refractivity contribution in [2.75, 3.05) is 11.1 Å². The molecule has 1 heterocycles. The third-order valence-electron chi connectivity index (χ3n) is 2.26. The lowest BCUT2D eigenvalue weighted by Crippen LogP contribution is -2.15. The first-order valence-corrected chi connectivity index (χ1v) is 6.33. The second-order valence-corrected chi connectivity index (χ2v) is 4.91. The molecular weight excluding hydrogens is 337 g/mol. The minimum atomic E-state index is -0.518. The van der Waals surface area contributed by atoms with E-state index in [1.807, 2.05) is 0 Å². The molecule has 2 rings (SSSR count). The molecule has 0 radical (unpaired) electrons. The standard InChI is InChI=1S/C12H8BrClFN3O/c13-7-5-6(1-3-9(7)15)17-12(19)11-8(14)2-4-10(16)18-11/h1-5H,(H2,16,18)(H,17,19). The van der Waals surface area contributed by atoms with Crippen molar-refractivity contribution >= 4 is 44.9 Å². The summed E-state index contributed by atoms with van der Waals surface area (Å²) in [6, 6.07) is 7.08. The van der Waals surface area contributed by atoms with Crippen molar-refractivity contribution in [3.8, 4) is 0 Å². The van der Waals surface area contributed by atoms with Gasteiger partial charge in [-0.1, -0.05) is 11.6 Å². The Labute approximate surface area is 121 Å². The number of amides is 1. The summed E-state index contributed by atoms with van der Waals surface area (Å²) < 4.78 is 13.3. The Morgan fingerprint density at radius 3 is 2.79 bits per heavy atom. The molecule has 0 saturated heterocycles. The number of nitrogens with zero attached hydrogens (tertiary/aromatic N) is 1. The van der Waals surface area contributed by atoms with Gasteiger partial charge in [0.1, 0.15) is 17.3 Å². The predicted octanol–water partition coefficient (Wildman–Crippen LogP) is 3.47. The third kappa shape index (κ3) is 3.21. The van der Waals surface area contributed by atoms with Gasteiger partial charge in [0.05, 0.1) is 9.50 Å². The number of nitrogens with one attached hydrogen (secondary N) is 1. The van der Waals surface area contributed by atoms with E-state index in [4.69, 9.17) is 17.3 Å². The molecule has 3 N–H and O–H groups in total. The molecule has 0 aliphatic carbocycles. The van der Waals surface area contributed by atoms with Gasteiger partial charge in [-0.25, -0.2) is 9.37 Å². The fourth-order valence-corrected chi connectivity index (χ4v) is 1.95. The van der Waals surface area contributed by atoms with Gasteiger partial charge < -0.3 is 11.1 Å². The lowest BCUT2D eigenvalue weighted by Gasteiger charge is -2.07. The number of halogens is 3. The maximum Gasteiger partial charge on any atom is 0.275 e. The first-order valence-electron chi connectivity index (χ1n) is 5.16. The zero-order valence-corrected chi connectivity index (χ0v) is 11.8. The van der Waals surface area contributed by atoms with Crippen LogP contribution in [0, 0.1) is 5.82 Å². The van der Waals surface area contributed by atoms with Crippen molar-refractivity contribution in [2.24, 2.45) is 0 Å². The van der Waals surface area contributed by atoms with Crippen LogP contribution in [-0.4, -0.2) is 10.9 Å². The number of carbonyl (C=O) groups excluding carboxylic acids is 1. The van der Waals surface area contributed by atoms with E-state index in [-0.39, 0.29) is 21.0 Å². The van der Waals surface area contributed by atoms with Crippen molar-refractivity contribution in [3.05, 3.63) is 51.3 Å². The quantitative estimate of drug-likeness (QED) is 0.876. The first-order chi connectivity index (χ1) is 8.97. The molecular formula is C12H8BrClFN3O. The lowest BCUT2D eigenvalue weighted by atomic mass is 10.3. The van der Waals surface area contributed by atoms with Crippen LogP contribution < -0.4 is 11.1 Å². The van der Waals surface area contributed by atoms with Gasteiger partial charge in [0.2, 0.25) is 0 Å². The smallest absolute Gasteiger partial charge is 0.275 e. The van der Waals surface area contributed by atoms with Crippen molar-refractivity contribution in [1.82, 2.24) is 4.98 Å². The number of rotatable bonds is 2. The van der Waals surface area contributed by atoms with Gasteiger partial charge in [-0.2, -0.15) is 0 Å². The van der Waals surface area contributed by atoms with E-state index in [9.17, 15) is 9.18 Å². The molecule has 0 atom stereocenters. The molecule has 2 aromatic rings. The highest BCUT2D eigenvalue weighted by Gasteiger charge is 2.13. The van der Waals surface area contributed by atoms with Crippen molar-refractivity contribution in [1.29, 1.82) is 0 Å². The monoisotopic (exact) mass is 343 g/mol. The summed E-state index contributed by atoms with van der Waals surface area (Å²) in [5, 5.41) is 2.74. The number of hydrogen-bond donors (Lipinski definition) is 2. The number of anilines is 2. The third-order valence-corrected chi connectivity index (χ3v) is 3.17. The minimum absolute atomic E-state index is 0.0158. The Morgan fingerprint density at radius 2 is 2.11 bits per heavy atom. The summed E-state index contributed by atoms with van der Waals surface area (Å²) >= 11 is 8.90. The van der Waals surface area contributed by atoms with Crippen LogP contribution in [0.5, 0.6) is 0 Å². The summed E-state index contributed by atoms with van der Waals surface area (Å²) in [6.45, 7) is 0. The second kappa shape index (κ2) is 5.54. The number of nitrogen functional groups attached to an aromatic ring is 1. The molecule has 0 saturated carbocycles. The Balaban J connectivity index is 2.25. The van der Waals surface area contributed by atoms with Crippen LogP contribution in [-0.2, 0) is 0 Å². The molecule has 1 aromatic carbocycles. The van der Waals surface area contributed by atoms with Crippen LogP contribution >= 0.6 is 27.5 Å². The van der Waals surface area contributed by atoms with Crippen LogP contribution in [0.15, 0.2) is 34.8 Å². The van der Waals surface area contributed by atoms with E-state index in [1.54, 1.807) is 0 Å². The lowest BCUT2D eigenvalue weighted by molar-refractivity contribution is 0.102. The highest BCUT2D eigenvalue weighted by atomic mass is 79.9. The number of hydrogen-bond acceptors (Lipinski definition) is 3. The average Bonchev–Trinajstić information content (AvgIpc) is 2.36. The number of pyridine rings is 1. The van der Waals surface area contributed by atoms with E-state index in [0.717, 1.165) is 0 Å². The minimum Gasteiger partial charge on any atom is -0.384 e. The molecule has 1 aromatic heterocycles. The molecule has 0 aliphatic rings. The zero-order valence-electron chi connectivity index (χ0n) is 9.45. The normalized spacial score (nSPS) is 10.3. The second-order valence-electron chi connectivity index (χ2n) is 3.65. The number of aromatic nitrogens is 1. The van der Waals surface area contributed by atoms with Gasteiger partial charge in [0.25, 0.3) is 5.91 Å². The van der Waals surface area contributed by atoms with E-state index >= 15 is 0 Å². The van der Waals surface area contributed by atoms with E-state index in [2.05, 4.69) is 26.2 Å². The van der Waals surface area contributed by atoms with Crippen LogP contribution in [0.25, 0.3) is 0 Å². The van der Waals surface area contributed by atoms with Crippen molar-refractivity contribution in [3.63, 3.8) is 0 Å². The first kappa shape index (κ1) is 13.8. The molecule has 4 nitrogen and oxygen atoms in total. The average molecular weight is 345 g/mol. The van der Waals surface area contributed by atoms with Gasteiger partial charge >= 0.3 is 0 Å². The Morgan fingerprint density at radius 1 is 1.37 bits per heavy atom. The summed E-state index contributed by atoms with van der Waals surface area (Å²) in [4.78, 5) is 15.8. The highest BCUT2D eigenvalue weighted by Crippen LogP contribution is 2.21. The highest BCUT2D eigenvalue weighted by molar-refractivity contribution is 9.10. The van der Waals surface area contributed by atoms with Crippen LogP contribution in [0.3, 0.4) is 0 Å². The Bertz CT molecular complexity index is 651. The van der Waals surface area contributed by atoms with Crippen LogP contribution in [0.1, 0.15) is 10.5 Å². The maximum atomic E-state index is 13.1. The van der Waals surface area contributed by atoms with Gasteiger partial charge in [-0.3, -0.25) is 4.79 Å². The predicted molar refractivity (Wildman–Crippen MR) is 75.7 cm³/mol. The van der Waals surface area contributed by atoms with Gasteiger partial charge in [-0.15, -0.1) is 0 Å². The summed E-state index contributed by atoms with van der Waals surface area (Å²) in [5.41, 5.74) is 5.93. The zero-order chi connectivity index (χ0) is 14.0. The number of nitrogens with two attached hydrogens (primary N) is 1. The summed E-state index contributed by atoms with van der Waals surface area (Å²) in [7, 11) is 0. The van der Waals surface area contributed by atoms with Gasteiger partial charge in [0, 0.05) is 5.69 Å². The molecule has 98 valence electrons. The fourth-order valence-electron chi connectivity index (χ4n) is 1.38. The topological polar surface area (TPSA) is 68.0 Å². The molecule has 1 amide bonds. The van der Waals surface area contributed by atoms with Crippen LogP contribution in [0.2, 0.25) is 5.02 Å². The SMILES string of the molecule is Nc1ccc(Cl)c(C(=O)Nc2ccc(F)c(Br)c2)n1. The molecule has 19 heavy (non-hydrogen) atoms. The summed E-state index contributed by atoms with van der Waals surface area (Å²) in [5.74, 6) is -0.747. The molecule has 0 aliphatic heterocycles. The van der Waals surface area contributed by atoms with Crippen LogP contribution in [0.4, 0.5) is 15.9 Å². The van der Waals surface area contributed by atoms with Gasteiger partial charge in [0.15, 0.2) is 0 Å². The Kier molecular flexibility index (Phi) is 4.01. The van der Waals surface area contributed by atoms with E-state index in [1.165, 1.54) is 30.3 Å². The molecule has 0 spiro atoms. The fraction of sp³-hybridized carbons (Fsp3) is 0. The van der Waals surface area contributed by atoms with Crippen molar-refractivity contribution in [2.45, 2.75) is 0 Å². The largest absolute Gasteiger partial charge is 0.384 e. The molecule has 0 unspecified atom stereocenters. The van der Waals surface area contributed by atoms with E-state index in [0.29, 0.717) is 5.69 Å². The number of carbonyl (C=O) groups is 1. The van der Waals surface area contributed by atoms with Crippen molar-refractivity contribution < 1.29 is 9.18 Å². The maximum absolute atomic E-state index is 13.1.